The summed E-state index contributed by atoms with van der Waals surface area (Å²) in [5.41, 5.74) is 4.15. The number of hydrogen-bond acceptors (Lipinski definition) is 5. The molecule has 7 heteroatoms. The van der Waals surface area contributed by atoms with E-state index in [1.165, 1.54) is 0 Å². The molecule has 0 aliphatic carbocycles. The number of halogens is 1. The molecule has 0 amide bonds. The number of aromatic nitrogens is 4. The van der Waals surface area contributed by atoms with Crippen LogP contribution in [0.1, 0.15) is 11.1 Å². The fraction of sp³-hybridized carbons (Fsp3) is 0.0526. The molecule has 0 saturated carbocycles. The van der Waals surface area contributed by atoms with Gasteiger partial charge in [0.15, 0.2) is 5.65 Å². The van der Waals surface area contributed by atoms with E-state index in [0.29, 0.717) is 12.1 Å². The van der Waals surface area contributed by atoms with Crippen LogP contribution in [-0.4, -0.2) is 19.6 Å². The van der Waals surface area contributed by atoms with Crippen LogP contribution in [0.5, 0.6) is 0 Å². The summed E-state index contributed by atoms with van der Waals surface area (Å²) < 4.78 is 2.57. The summed E-state index contributed by atoms with van der Waals surface area (Å²) in [6, 6.07) is 15.4. The number of hydrogen-bond donors (Lipinski definition) is 1. The molecule has 0 unspecified atom stereocenters. The van der Waals surface area contributed by atoms with Crippen molar-refractivity contribution in [3.63, 3.8) is 0 Å². The molecule has 4 rings (SSSR count). The Labute approximate surface area is 158 Å². The molecule has 1 aromatic carbocycles. The van der Waals surface area contributed by atoms with Gasteiger partial charge in [-0.15, -0.1) is 0 Å². The van der Waals surface area contributed by atoms with E-state index in [4.69, 9.17) is 10.2 Å². The Morgan fingerprint density at radius 2 is 2.00 bits per heavy atom. The second-order valence-corrected chi connectivity index (χ2v) is 6.51. The van der Waals surface area contributed by atoms with Gasteiger partial charge in [0.1, 0.15) is 5.82 Å². The van der Waals surface area contributed by atoms with Gasteiger partial charge in [0.25, 0.3) is 0 Å². The Kier molecular flexibility index (Phi) is 4.33. The summed E-state index contributed by atoms with van der Waals surface area (Å²) >= 11 is 3.50. The van der Waals surface area contributed by atoms with Gasteiger partial charge in [0, 0.05) is 30.6 Å². The molecule has 0 aliphatic heterocycles. The van der Waals surface area contributed by atoms with E-state index in [1.807, 2.05) is 36.5 Å². The normalized spacial score (nSPS) is 10.6. The molecule has 1 N–H and O–H groups in total. The quantitative estimate of drug-likeness (QED) is 0.555. The molecule has 6 nitrogen and oxygen atoms in total. The zero-order valence-electron chi connectivity index (χ0n) is 13.6. The second kappa shape index (κ2) is 6.94. The van der Waals surface area contributed by atoms with Crippen molar-refractivity contribution in [2.75, 3.05) is 5.32 Å². The van der Waals surface area contributed by atoms with E-state index in [0.717, 1.165) is 32.8 Å². The first-order valence-electron chi connectivity index (χ1n) is 7.92. The lowest BCUT2D eigenvalue weighted by atomic mass is 10.1. The first-order chi connectivity index (χ1) is 12.7. The monoisotopic (exact) mass is 404 g/mol. The number of nitrogens with zero attached hydrogens (tertiary/aromatic N) is 5. The third kappa shape index (κ3) is 3.15. The van der Waals surface area contributed by atoms with Crippen molar-refractivity contribution in [1.29, 1.82) is 5.26 Å². The van der Waals surface area contributed by atoms with E-state index >= 15 is 0 Å². The zero-order valence-corrected chi connectivity index (χ0v) is 15.2. The van der Waals surface area contributed by atoms with Gasteiger partial charge in [-0.25, -0.2) is 4.98 Å². The third-order valence-electron chi connectivity index (χ3n) is 3.93. The molecular weight excluding hydrogens is 392 g/mol. The van der Waals surface area contributed by atoms with E-state index < -0.39 is 0 Å². The minimum Gasteiger partial charge on any atom is -0.366 e. The fourth-order valence-electron chi connectivity index (χ4n) is 2.62. The van der Waals surface area contributed by atoms with Crippen LogP contribution < -0.4 is 5.32 Å². The van der Waals surface area contributed by atoms with Gasteiger partial charge in [-0.1, -0.05) is 18.2 Å². The highest BCUT2D eigenvalue weighted by molar-refractivity contribution is 9.10. The third-order valence-corrected chi connectivity index (χ3v) is 4.49. The SMILES string of the molecule is N#Cc1ccc(-c2cc(NCc3cccnc3)n3ncc(Br)c3n2)cc1. The molecule has 4 aromatic rings. The topological polar surface area (TPSA) is 78.9 Å². The first kappa shape index (κ1) is 16.2. The lowest BCUT2D eigenvalue weighted by molar-refractivity contribution is 0.925. The maximum Gasteiger partial charge on any atom is 0.172 e. The van der Waals surface area contributed by atoms with Gasteiger partial charge in [0.05, 0.1) is 28.0 Å². The molecule has 0 fully saturated rings. The number of benzene rings is 1. The molecule has 0 aliphatic rings. The molecule has 0 radical (unpaired) electrons. The molecule has 126 valence electrons. The minimum atomic E-state index is 0.621. The van der Waals surface area contributed by atoms with Crippen molar-refractivity contribution in [2.24, 2.45) is 0 Å². The number of nitriles is 1. The molecule has 3 heterocycles. The van der Waals surface area contributed by atoms with Crippen LogP contribution in [0.2, 0.25) is 0 Å². The Morgan fingerprint density at radius 3 is 2.73 bits per heavy atom. The maximum atomic E-state index is 8.97. The van der Waals surface area contributed by atoms with Crippen molar-refractivity contribution in [1.82, 2.24) is 19.6 Å². The summed E-state index contributed by atoms with van der Waals surface area (Å²) in [5.74, 6) is 0.823. The standard InChI is InChI=1S/C19H13BrN6/c20-16-12-24-26-18(23-11-14-2-1-7-22-10-14)8-17(25-19(16)26)15-5-3-13(9-21)4-6-15/h1-8,10,12,23H,11H2. The number of fused-ring (bicyclic) bond motifs is 1. The highest BCUT2D eigenvalue weighted by Gasteiger charge is 2.11. The highest BCUT2D eigenvalue weighted by atomic mass is 79.9. The molecule has 0 bridgehead atoms. The molecule has 3 aromatic heterocycles. The van der Waals surface area contributed by atoms with Crippen molar-refractivity contribution >= 4 is 27.4 Å². The lowest BCUT2D eigenvalue weighted by Crippen LogP contribution is -2.07. The van der Waals surface area contributed by atoms with Crippen molar-refractivity contribution in [3.05, 3.63) is 76.7 Å². The predicted octanol–water partition coefficient (Wildman–Crippen LogP) is 4.04. The molecule has 26 heavy (non-hydrogen) atoms. The smallest absolute Gasteiger partial charge is 0.172 e. The lowest BCUT2D eigenvalue weighted by Gasteiger charge is -2.11. The van der Waals surface area contributed by atoms with Gasteiger partial charge < -0.3 is 5.32 Å². The summed E-state index contributed by atoms with van der Waals surface area (Å²) in [6.07, 6.45) is 5.30. The van der Waals surface area contributed by atoms with Crippen LogP contribution in [0.15, 0.2) is 65.5 Å². The molecule has 0 atom stereocenters. The number of anilines is 1. The van der Waals surface area contributed by atoms with Crippen LogP contribution in [0.4, 0.5) is 5.82 Å². The minimum absolute atomic E-state index is 0.621. The molecule has 0 saturated heterocycles. The van der Waals surface area contributed by atoms with E-state index in [1.54, 1.807) is 29.0 Å². The number of pyridine rings is 1. The number of rotatable bonds is 4. The average Bonchev–Trinajstić information content (AvgIpc) is 3.08. The Bertz CT molecular complexity index is 1100. The highest BCUT2D eigenvalue weighted by Crippen LogP contribution is 2.26. The van der Waals surface area contributed by atoms with Crippen molar-refractivity contribution < 1.29 is 0 Å². The van der Waals surface area contributed by atoms with E-state index in [-0.39, 0.29) is 0 Å². The Hall–Kier alpha value is -3.24. The van der Waals surface area contributed by atoms with Crippen molar-refractivity contribution in [2.45, 2.75) is 6.54 Å². The second-order valence-electron chi connectivity index (χ2n) is 5.66. The van der Waals surface area contributed by atoms with Crippen LogP contribution >= 0.6 is 15.9 Å². The van der Waals surface area contributed by atoms with Gasteiger partial charge in [-0.2, -0.15) is 14.9 Å². The van der Waals surface area contributed by atoms with Crippen LogP contribution in [0, 0.1) is 11.3 Å². The number of nitrogens with one attached hydrogen (secondary N) is 1. The van der Waals surface area contributed by atoms with Crippen LogP contribution in [-0.2, 0) is 6.54 Å². The van der Waals surface area contributed by atoms with Gasteiger partial charge in [0.2, 0.25) is 0 Å². The first-order valence-corrected chi connectivity index (χ1v) is 8.71. The van der Waals surface area contributed by atoms with Crippen molar-refractivity contribution in [3.8, 4) is 17.3 Å². The van der Waals surface area contributed by atoms with Gasteiger partial charge in [-0.3, -0.25) is 4.98 Å². The van der Waals surface area contributed by atoms with Gasteiger partial charge in [-0.05, 0) is 39.7 Å². The summed E-state index contributed by atoms with van der Waals surface area (Å²) in [4.78, 5) is 8.83. The van der Waals surface area contributed by atoms with E-state index in [2.05, 4.69) is 37.4 Å². The zero-order chi connectivity index (χ0) is 17.9. The Balaban J connectivity index is 1.74. The predicted molar refractivity (Wildman–Crippen MR) is 102 cm³/mol. The summed E-state index contributed by atoms with van der Waals surface area (Å²) in [5, 5.41) is 16.7. The summed E-state index contributed by atoms with van der Waals surface area (Å²) in [7, 11) is 0. The average molecular weight is 405 g/mol. The molecule has 0 spiro atoms. The largest absolute Gasteiger partial charge is 0.366 e. The Morgan fingerprint density at radius 1 is 1.15 bits per heavy atom. The van der Waals surface area contributed by atoms with Crippen LogP contribution in [0.3, 0.4) is 0 Å². The maximum absolute atomic E-state index is 8.97. The van der Waals surface area contributed by atoms with Crippen LogP contribution in [0.25, 0.3) is 16.9 Å². The van der Waals surface area contributed by atoms with Gasteiger partial charge >= 0.3 is 0 Å². The summed E-state index contributed by atoms with van der Waals surface area (Å²) in [6.45, 7) is 0.622. The fourth-order valence-corrected chi connectivity index (χ4v) is 2.97. The molecular formula is C19H13BrN6. The van der Waals surface area contributed by atoms with E-state index in [9.17, 15) is 0 Å².